The third kappa shape index (κ3) is 2.83. The molecule has 1 aromatic rings. The van der Waals surface area contributed by atoms with E-state index >= 15 is 0 Å². The van der Waals surface area contributed by atoms with Crippen molar-refractivity contribution in [3.8, 4) is 0 Å². The first kappa shape index (κ1) is 14.9. The van der Waals surface area contributed by atoms with Crippen molar-refractivity contribution in [2.45, 2.75) is 45.8 Å². The van der Waals surface area contributed by atoms with E-state index in [1.165, 1.54) is 6.20 Å². The van der Waals surface area contributed by atoms with Crippen LogP contribution in [-0.4, -0.2) is 40.9 Å². The molecule has 1 fully saturated rings. The number of nitrogens with one attached hydrogen (secondary N) is 1. The number of hydrogen-bond acceptors (Lipinski definition) is 5. The maximum absolute atomic E-state index is 12.1. The van der Waals surface area contributed by atoms with Crippen LogP contribution in [0.25, 0.3) is 0 Å². The van der Waals surface area contributed by atoms with Crippen LogP contribution in [0.5, 0.6) is 0 Å². The van der Waals surface area contributed by atoms with Crippen molar-refractivity contribution in [1.82, 2.24) is 15.5 Å². The molecule has 20 heavy (non-hydrogen) atoms. The summed E-state index contributed by atoms with van der Waals surface area (Å²) >= 11 is 0. The van der Waals surface area contributed by atoms with Gasteiger partial charge in [-0.05, 0) is 40.7 Å². The number of rotatable bonds is 3. The maximum Gasteiger partial charge on any atom is 0.478 e. The lowest BCUT2D eigenvalue weighted by Gasteiger charge is -2.32. The predicted octanol–water partition coefficient (Wildman–Crippen LogP) is 1.15. The van der Waals surface area contributed by atoms with Crippen molar-refractivity contribution in [3.63, 3.8) is 0 Å². The van der Waals surface area contributed by atoms with Gasteiger partial charge >= 0.3 is 7.12 Å². The minimum atomic E-state index is -0.445. The highest BCUT2D eigenvalue weighted by molar-refractivity contribution is 6.46. The summed E-state index contributed by atoms with van der Waals surface area (Å²) in [6.45, 7) is 9.66. The number of aromatic nitrogens is 2. The first-order valence-electron chi connectivity index (χ1n) is 6.65. The van der Waals surface area contributed by atoms with E-state index in [1.54, 1.807) is 13.0 Å². The molecule has 6 nitrogen and oxygen atoms in total. The summed E-state index contributed by atoms with van der Waals surface area (Å²) in [5, 5.41) is 10.4. The molecule has 1 N–H and O–H groups in total. The van der Waals surface area contributed by atoms with Crippen LogP contribution >= 0.6 is 0 Å². The van der Waals surface area contributed by atoms with Gasteiger partial charge in [0.15, 0.2) is 0 Å². The molecular formula is C13H20BN3O3. The van der Waals surface area contributed by atoms with Crippen LogP contribution in [0.3, 0.4) is 0 Å². The zero-order valence-electron chi connectivity index (χ0n) is 12.6. The molecule has 1 aliphatic rings. The first-order chi connectivity index (χ1) is 9.23. The second kappa shape index (κ2) is 5.14. The quantitative estimate of drug-likeness (QED) is 0.839. The van der Waals surface area contributed by atoms with Crippen molar-refractivity contribution in [2.24, 2.45) is 0 Å². The van der Waals surface area contributed by atoms with Crippen LogP contribution in [0.2, 0.25) is 0 Å². The van der Waals surface area contributed by atoms with Crippen LogP contribution in [0.15, 0.2) is 12.3 Å². The highest BCUT2D eigenvalue weighted by Crippen LogP contribution is 2.36. The number of nitrogens with zero attached hydrogens (tertiary/aromatic N) is 2. The summed E-state index contributed by atoms with van der Waals surface area (Å²) in [6.07, 6.45) is 1.80. The predicted molar refractivity (Wildman–Crippen MR) is 75.2 cm³/mol. The van der Waals surface area contributed by atoms with Gasteiger partial charge in [-0.25, -0.2) is 0 Å². The standard InChI is InChI=1S/C13H20BN3O3/c1-9-10(6-7-16-17-9)11(18)15-8-14-19-12(2,3)13(4,5)20-14/h6-7H,8H2,1-5H3,(H,15,18). The second-order valence-electron chi connectivity index (χ2n) is 5.93. The van der Waals surface area contributed by atoms with Gasteiger partial charge in [0.05, 0.1) is 35.1 Å². The van der Waals surface area contributed by atoms with Gasteiger partial charge in [0, 0.05) is 0 Å². The van der Waals surface area contributed by atoms with Crippen molar-refractivity contribution in [3.05, 3.63) is 23.5 Å². The average molecular weight is 277 g/mol. The molecule has 0 spiro atoms. The molecule has 1 saturated heterocycles. The molecule has 0 radical (unpaired) electrons. The molecule has 7 heteroatoms. The first-order valence-corrected chi connectivity index (χ1v) is 6.65. The van der Waals surface area contributed by atoms with Gasteiger partial charge < -0.3 is 14.6 Å². The number of amides is 1. The number of carbonyl (C=O) groups excluding carboxylic acids is 1. The summed E-state index contributed by atoms with van der Waals surface area (Å²) in [6, 6.07) is 1.64. The van der Waals surface area contributed by atoms with E-state index in [1.807, 2.05) is 27.7 Å². The van der Waals surface area contributed by atoms with Crippen LogP contribution in [0, 0.1) is 6.92 Å². The molecule has 0 saturated carbocycles. The molecule has 108 valence electrons. The van der Waals surface area contributed by atoms with Gasteiger partial charge in [0.25, 0.3) is 5.91 Å². The number of carbonyl (C=O) groups is 1. The third-order valence-electron chi connectivity index (χ3n) is 3.88. The SMILES string of the molecule is Cc1nnccc1C(=O)NCB1OC(C)(C)C(C)(C)O1. The van der Waals surface area contributed by atoms with Crippen LogP contribution < -0.4 is 5.32 Å². The van der Waals surface area contributed by atoms with Crippen molar-refractivity contribution in [1.29, 1.82) is 0 Å². The number of aryl methyl sites for hydroxylation is 1. The van der Waals surface area contributed by atoms with E-state index < -0.39 is 18.3 Å². The van der Waals surface area contributed by atoms with Crippen molar-refractivity contribution >= 4 is 13.0 Å². The molecule has 2 rings (SSSR count). The van der Waals surface area contributed by atoms with Crippen molar-refractivity contribution < 1.29 is 14.1 Å². The molecule has 1 aliphatic heterocycles. The normalized spacial score (nSPS) is 19.9. The lowest BCUT2D eigenvalue weighted by Crippen LogP contribution is -2.41. The Hall–Kier alpha value is -1.47. The van der Waals surface area contributed by atoms with Gasteiger partial charge in [-0.15, -0.1) is 0 Å². The van der Waals surface area contributed by atoms with Crippen LogP contribution in [0.1, 0.15) is 43.7 Å². The molecule has 1 aromatic heterocycles. The third-order valence-corrected chi connectivity index (χ3v) is 3.88. The van der Waals surface area contributed by atoms with E-state index in [9.17, 15) is 4.79 Å². The summed E-state index contributed by atoms with van der Waals surface area (Å²) in [4.78, 5) is 12.1. The Balaban J connectivity index is 1.95. The zero-order chi connectivity index (χ0) is 15.0. The Labute approximate surface area is 119 Å². The molecule has 0 bridgehead atoms. The summed E-state index contributed by atoms with van der Waals surface area (Å²) in [5.41, 5.74) is 0.322. The zero-order valence-corrected chi connectivity index (χ0v) is 12.6. The van der Waals surface area contributed by atoms with E-state index in [4.69, 9.17) is 9.31 Å². The Bertz CT molecular complexity index is 503. The van der Waals surface area contributed by atoms with Gasteiger partial charge in [0.1, 0.15) is 0 Å². The smallest absolute Gasteiger partial charge is 0.402 e. The van der Waals surface area contributed by atoms with E-state index in [2.05, 4.69) is 15.5 Å². The van der Waals surface area contributed by atoms with Crippen LogP contribution in [-0.2, 0) is 9.31 Å². The van der Waals surface area contributed by atoms with E-state index in [0.717, 1.165) is 0 Å². The second-order valence-corrected chi connectivity index (χ2v) is 5.93. The van der Waals surface area contributed by atoms with Crippen LogP contribution in [0.4, 0.5) is 0 Å². The monoisotopic (exact) mass is 277 g/mol. The molecule has 0 aromatic carbocycles. The molecule has 0 aliphatic carbocycles. The average Bonchev–Trinajstić information content (AvgIpc) is 2.55. The topological polar surface area (TPSA) is 73.3 Å². The molecule has 0 atom stereocenters. The Kier molecular flexibility index (Phi) is 3.84. The van der Waals surface area contributed by atoms with E-state index in [0.29, 0.717) is 17.7 Å². The molecular weight excluding hydrogens is 257 g/mol. The summed E-state index contributed by atoms with van der Waals surface area (Å²) in [7, 11) is -0.445. The van der Waals surface area contributed by atoms with Gasteiger partial charge in [-0.2, -0.15) is 10.2 Å². The minimum Gasteiger partial charge on any atom is -0.402 e. The highest BCUT2D eigenvalue weighted by Gasteiger charge is 2.50. The van der Waals surface area contributed by atoms with Crippen molar-refractivity contribution in [2.75, 3.05) is 6.44 Å². The van der Waals surface area contributed by atoms with Gasteiger partial charge in [-0.3, -0.25) is 4.79 Å². The maximum atomic E-state index is 12.1. The Morgan fingerprint density at radius 3 is 2.45 bits per heavy atom. The lowest BCUT2D eigenvalue weighted by molar-refractivity contribution is 0.00578. The summed E-state index contributed by atoms with van der Waals surface area (Å²) < 4.78 is 11.6. The minimum absolute atomic E-state index is 0.202. The number of hydrogen-bond donors (Lipinski definition) is 1. The van der Waals surface area contributed by atoms with E-state index in [-0.39, 0.29) is 5.91 Å². The van der Waals surface area contributed by atoms with Gasteiger partial charge in [-0.1, -0.05) is 0 Å². The molecule has 1 amide bonds. The molecule has 0 unspecified atom stereocenters. The fourth-order valence-electron chi connectivity index (χ4n) is 1.96. The Morgan fingerprint density at radius 1 is 1.30 bits per heavy atom. The largest absolute Gasteiger partial charge is 0.478 e. The summed E-state index contributed by atoms with van der Waals surface area (Å²) in [5.74, 6) is -0.202. The highest BCUT2D eigenvalue weighted by atomic mass is 16.7. The Morgan fingerprint density at radius 2 is 1.90 bits per heavy atom. The lowest BCUT2D eigenvalue weighted by atomic mass is 9.90. The fraction of sp³-hybridized carbons (Fsp3) is 0.615. The van der Waals surface area contributed by atoms with Gasteiger partial charge in [0.2, 0.25) is 0 Å². The molecule has 2 heterocycles. The fourth-order valence-corrected chi connectivity index (χ4v) is 1.96.